The first kappa shape index (κ1) is 11.8. The fraction of sp³-hybridized carbons (Fsp3) is 0.308. The highest BCUT2D eigenvalue weighted by Gasteiger charge is 2.16. The molecule has 17 heavy (non-hydrogen) atoms. The molecular formula is C13H17N3O. The fourth-order valence-electron chi connectivity index (χ4n) is 1.78. The van der Waals surface area contributed by atoms with Crippen LogP contribution in [0.5, 0.6) is 0 Å². The SMILES string of the molecule is NN1CCN(C(=O)/C=C/c2ccccc2)CC1. The van der Waals surface area contributed by atoms with Crippen LogP contribution < -0.4 is 5.84 Å². The molecule has 0 radical (unpaired) electrons. The maximum atomic E-state index is 11.9. The van der Waals surface area contributed by atoms with Gasteiger partial charge in [-0.05, 0) is 11.6 Å². The molecule has 1 aromatic carbocycles. The van der Waals surface area contributed by atoms with Gasteiger partial charge in [-0.3, -0.25) is 10.6 Å². The van der Waals surface area contributed by atoms with E-state index in [9.17, 15) is 4.79 Å². The largest absolute Gasteiger partial charge is 0.336 e. The first-order valence-electron chi connectivity index (χ1n) is 5.77. The average molecular weight is 231 g/mol. The monoisotopic (exact) mass is 231 g/mol. The Balaban J connectivity index is 1.91. The molecule has 1 heterocycles. The summed E-state index contributed by atoms with van der Waals surface area (Å²) in [5.74, 6) is 5.70. The summed E-state index contributed by atoms with van der Waals surface area (Å²) in [6.45, 7) is 2.89. The summed E-state index contributed by atoms with van der Waals surface area (Å²) in [5, 5.41) is 1.74. The van der Waals surface area contributed by atoms with E-state index in [0.29, 0.717) is 13.1 Å². The Hall–Kier alpha value is -1.65. The van der Waals surface area contributed by atoms with Gasteiger partial charge in [0, 0.05) is 32.3 Å². The number of hydrazine groups is 1. The number of nitrogens with zero attached hydrogens (tertiary/aromatic N) is 2. The van der Waals surface area contributed by atoms with Crippen LogP contribution in [0.15, 0.2) is 36.4 Å². The van der Waals surface area contributed by atoms with Gasteiger partial charge in [0.2, 0.25) is 5.91 Å². The Morgan fingerprint density at radius 1 is 1.12 bits per heavy atom. The van der Waals surface area contributed by atoms with Crippen molar-refractivity contribution in [1.29, 1.82) is 0 Å². The molecule has 1 aliphatic heterocycles. The van der Waals surface area contributed by atoms with Crippen molar-refractivity contribution in [3.05, 3.63) is 42.0 Å². The first-order valence-corrected chi connectivity index (χ1v) is 5.77. The number of carbonyl (C=O) groups excluding carboxylic acids is 1. The van der Waals surface area contributed by atoms with E-state index in [1.165, 1.54) is 0 Å². The van der Waals surface area contributed by atoms with Gasteiger partial charge in [0.1, 0.15) is 0 Å². The molecule has 1 aromatic rings. The Kier molecular flexibility index (Phi) is 3.90. The molecule has 0 aromatic heterocycles. The van der Waals surface area contributed by atoms with Gasteiger partial charge in [-0.1, -0.05) is 30.3 Å². The summed E-state index contributed by atoms with van der Waals surface area (Å²) in [4.78, 5) is 13.7. The third-order valence-electron chi connectivity index (χ3n) is 2.84. The van der Waals surface area contributed by atoms with Gasteiger partial charge < -0.3 is 4.90 Å². The second-order valence-electron chi connectivity index (χ2n) is 4.11. The molecule has 2 rings (SSSR count). The molecule has 0 spiro atoms. The summed E-state index contributed by atoms with van der Waals surface area (Å²) in [6, 6.07) is 9.82. The predicted octanol–water partition coefficient (Wildman–Crippen LogP) is 0.718. The lowest BCUT2D eigenvalue weighted by Crippen LogP contribution is -2.50. The summed E-state index contributed by atoms with van der Waals surface area (Å²) >= 11 is 0. The van der Waals surface area contributed by atoms with Crippen LogP contribution in [0, 0.1) is 0 Å². The van der Waals surface area contributed by atoms with Crippen molar-refractivity contribution in [2.75, 3.05) is 26.2 Å². The van der Waals surface area contributed by atoms with Gasteiger partial charge in [-0.15, -0.1) is 0 Å². The highest BCUT2D eigenvalue weighted by molar-refractivity contribution is 5.91. The zero-order valence-electron chi connectivity index (χ0n) is 9.75. The average Bonchev–Trinajstić information content (AvgIpc) is 2.38. The molecule has 1 saturated heterocycles. The van der Waals surface area contributed by atoms with Crippen LogP contribution in [-0.2, 0) is 4.79 Å². The van der Waals surface area contributed by atoms with Crippen molar-refractivity contribution in [2.45, 2.75) is 0 Å². The normalized spacial score (nSPS) is 17.6. The third-order valence-corrected chi connectivity index (χ3v) is 2.84. The molecule has 1 aliphatic rings. The zero-order valence-corrected chi connectivity index (χ0v) is 9.75. The van der Waals surface area contributed by atoms with E-state index in [4.69, 9.17) is 5.84 Å². The molecule has 2 N–H and O–H groups in total. The molecule has 0 aliphatic carbocycles. The maximum absolute atomic E-state index is 11.9. The van der Waals surface area contributed by atoms with Gasteiger partial charge >= 0.3 is 0 Å². The van der Waals surface area contributed by atoms with Crippen molar-refractivity contribution in [3.8, 4) is 0 Å². The second-order valence-corrected chi connectivity index (χ2v) is 4.11. The standard InChI is InChI=1S/C13H17N3O/c14-16-10-8-15(9-11-16)13(17)7-6-12-4-2-1-3-5-12/h1-7H,8-11,14H2/b7-6+. The number of piperazine rings is 1. The maximum Gasteiger partial charge on any atom is 0.246 e. The number of hydrogen-bond acceptors (Lipinski definition) is 3. The van der Waals surface area contributed by atoms with Gasteiger partial charge in [-0.2, -0.15) is 0 Å². The number of hydrogen-bond donors (Lipinski definition) is 1. The number of rotatable bonds is 2. The number of carbonyl (C=O) groups is 1. The molecule has 1 fully saturated rings. The molecule has 0 saturated carbocycles. The van der Waals surface area contributed by atoms with Crippen molar-refractivity contribution in [2.24, 2.45) is 5.84 Å². The van der Waals surface area contributed by atoms with Crippen LogP contribution in [0.2, 0.25) is 0 Å². The van der Waals surface area contributed by atoms with Gasteiger partial charge in [-0.25, -0.2) is 5.01 Å². The van der Waals surface area contributed by atoms with Gasteiger partial charge in [0.25, 0.3) is 0 Å². The quantitative estimate of drug-likeness (QED) is 0.602. The smallest absolute Gasteiger partial charge is 0.246 e. The fourth-order valence-corrected chi connectivity index (χ4v) is 1.78. The molecule has 0 atom stereocenters. The molecule has 0 bridgehead atoms. The van der Waals surface area contributed by atoms with E-state index in [1.54, 1.807) is 11.1 Å². The van der Waals surface area contributed by atoms with E-state index in [0.717, 1.165) is 18.7 Å². The van der Waals surface area contributed by atoms with Crippen LogP contribution in [0.1, 0.15) is 5.56 Å². The lowest BCUT2D eigenvalue weighted by atomic mass is 10.2. The van der Waals surface area contributed by atoms with Crippen molar-refractivity contribution < 1.29 is 4.79 Å². The molecule has 4 nitrogen and oxygen atoms in total. The minimum absolute atomic E-state index is 0.0574. The predicted molar refractivity (Wildman–Crippen MR) is 67.8 cm³/mol. The van der Waals surface area contributed by atoms with Crippen molar-refractivity contribution in [1.82, 2.24) is 9.91 Å². The van der Waals surface area contributed by atoms with E-state index in [-0.39, 0.29) is 5.91 Å². The topological polar surface area (TPSA) is 49.6 Å². The van der Waals surface area contributed by atoms with E-state index in [1.807, 2.05) is 41.3 Å². The van der Waals surface area contributed by atoms with Crippen LogP contribution in [0.3, 0.4) is 0 Å². The number of nitrogens with two attached hydrogens (primary N) is 1. The minimum Gasteiger partial charge on any atom is -0.336 e. The Morgan fingerprint density at radius 3 is 2.41 bits per heavy atom. The van der Waals surface area contributed by atoms with Crippen molar-refractivity contribution in [3.63, 3.8) is 0 Å². The zero-order chi connectivity index (χ0) is 12.1. The third kappa shape index (κ3) is 3.41. The molecule has 1 amide bonds. The highest BCUT2D eigenvalue weighted by Crippen LogP contribution is 2.03. The highest BCUT2D eigenvalue weighted by atomic mass is 16.2. The van der Waals surface area contributed by atoms with Crippen LogP contribution in [-0.4, -0.2) is 42.0 Å². The first-order chi connectivity index (χ1) is 8.25. The van der Waals surface area contributed by atoms with Crippen LogP contribution >= 0.6 is 0 Å². The Labute approximate surface area is 101 Å². The summed E-state index contributed by atoms with van der Waals surface area (Å²) < 4.78 is 0. The van der Waals surface area contributed by atoms with Crippen molar-refractivity contribution >= 4 is 12.0 Å². The van der Waals surface area contributed by atoms with Gasteiger partial charge in [0.05, 0.1) is 0 Å². The van der Waals surface area contributed by atoms with Gasteiger partial charge in [0.15, 0.2) is 0 Å². The second kappa shape index (κ2) is 5.61. The summed E-state index contributed by atoms with van der Waals surface area (Å²) in [7, 11) is 0. The number of amides is 1. The summed E-state index contributed by atoms with van der Waals surface area (Å²) in [6.07, 6.45) is 3.47. The molecular weight excluding hydrogens is 214 g/mol. The minimum atomic E-state index is 0.0574. The Morgan fingerprint density at radius 2 is 1.76 bits per heavy atom. The molecule has 4 heteroatoms. The lowest BCUT2D eigenvalue weighted by molar-refractivity contribution is -0.127. The van der Waals surface area contributed by atoms with E-state index in [2.05, 4.69) is 0 Å². The lowest BCUT2D eigenvalue weighted by Gasteiger charge is -2.31. The van der Waals surface area contributed by atoms with Crippen LogP contribution in [0.25, 0.3) is 6.08 Å². The molecule has 0 unspecified atom stereocenters. The number of benzene rings is 1. The summed E-state index contributed by atoms with van der Waals surface area (Å²) in [5.41, 5.74) is 1.04. The van der Waals surface area contributed by atoms with E-state index >= 15 is 0 Å². The van der Waals surface area contributed by atoms with E-state index < -0.39 is 0 Å². The molecule has 90 valence electrons. The van der Waals surface area contributed by atoms with Crippen LogP contribution in [0.4, 0.5) is 0 Å². The Bertz CT molecular complexity index is 394.